The largest absolute Gasteiger partial charge is 0.444 e. The summed E-state index contributed by atoms with van der Waals surface area (Å²) in [6.45, 7) is 11.2. The Bertz CT molecular complexity index is 737. The number of nitrogens with one attached hydrogen (secondary N) is 2. The molecule has 1 amide bonds. The lowest BCUT2D eigenvalue weighted by Crippen LogP contribution is -2.56. The lowest BCUT2D eigenvalue weighted by molar-refractivity contribution is -0.119. The second-order valence-electron chi connectivity index (χ2n) is 10.5. The van der Waals surface area contributed by atoms with Crippen molar-refractivity contribution in [2.75, 3.05) is 46.2 Å². The number of carbonyl (C=O) groups is 4. The van der Waals surface area contributed by atoms with Gasteiger partial charge in [-0.1, -0.05) is 6.92 Å². The molecule has 0 spiro atoms. The number of hydrogen-bond acceptors (Lipinski definition) is 11. The summed E-state index contributed by atoms with van der Waals surface area (Å²) in [5.74, 6) is -0.0270. The van der Waals surface area contributed by atoms with Crippen LogP contribution in [0, 0.1) is 0 Å². The van der Waals surface area contributed by atoms with Crippen molar-refractivity contribution in [2.45, 2.75) is 84.8 Å². The molecule has 0 bridgehead atoms. The highest BCUT2D eigenvalue weighted by atomic mass is 16.6. The normalized spacial score (nSPS) is 15.0. The Hall–Kier alpha value is -1.96. The van der Waals surface area contributed by atoms with Crippen LogP contribution in [0.1, 0.15) is 60.8 Å². The molecular formula is C24H45N5O7. The number of nitrogens with zero attached hydrogens (tertiary/aromatic N) is 3. The Kier molecular flexibility index (Phi) is 13.7. The highest BCUT2D eigenvalue weighted by Crippen LogP contribution is 2.27. The van der Waals surface area contributed by atoms with Crippen LogP contribution in [-0.4, -0.2) is 119 Å². The summed E-state index contributed by atoms with van der Waals surface area (Å²) in [6.07, 6.45) is -0.338. The molecule has 4 N–H and O–H groups in total. The van der Waals surface area contributed by atoms with Crippen molar-refractivity contribution in [3.63, 3.8) is 0 Å². The zero-order chi connectivity index (χ0) is 27.5. The molecule has 36 heavy (non-hydrogen) atoms. The summed E-state index contributed by atoms with van der Waals surface area (Å²) in [6, 6.07) is -0.846. The van der Waals surface area contributed by atoms with Crippen LogP contribution in [-0.2, 0) is 19.1 Å². The SMILES string of the molecule is CCC(=O)CNCN(CC(C)=O)CN(CC(NC(=O)OC(C)(C)C)C(O)O)CN(CC(C)=O)C1CC1. The predicted molar refractivity (Wildman–Crippen MR) is 134 cm³/mol. The van der Waals surface area contributed by atoms with Crippen molar-refractivity contribution in [1.29, 1.82) is 0 Å². The van der Waals surface area contributed by atoms with Gasteiger partial charge >= 0.3 is 6.09 Å². The summed E-state index contributed by atoms with van der Waals surface area (Å²) in [5.41, 5.74) is -0.765. The molecule has 0 aliphatic heterocycles. The smallest absolute Gasteiger partial charge is 0.408 e. The highest BCUT2D eigenvalue weighted by Gasteiger charge is 2.33. The highest BCUT2D eigenvalue weighted by molar-refractivity contribution is 5.80. The van der Waals surface area contributed by atoms with E-state index < -0.39 is 24.0 Å². The molecule has 1 unspecified atom stereocenters. The van der Waals surface area contributed by atoms with E-state index in [0.717, 1.165) is 12.8 Å². The average molecular weight is 516 g/mol. The van der Waals surface area contributed by atoms with Gasteiger partial charge in [0.1, 0.15) is 23.0 Å². The summed E-state index contributed by atoms with van der Waals surface area (Å²) in [5, 5.41) is 25.5. The molecular weight excluding hydrogens is 470 g/mol. The van der Waals surface area contributed by atoms with Crippen LogP contribution >= 0.6 is 0 Å². The number of hydrogen-bond donors (Lipinski definition) is 4. The van der Waals surface area contributed by atoms with E-state index in [9.17, 15) is 29.4 Å². The van der Waals surface area contributed by atoms with E-state index in [2.05, 4.69) is 10.6 Å². The first-order valence-electron chi connectivity index (χ1n) is 12.5. The van der Waals surface area contributed by atoms with Crippen LogP contribution in [0.25, 0.3) is 0 Å². The van der Waals surface area contributed by atoms with E-state index in [1.54, 1.807) is 32.6 Å². The summed E-state index contributed by atoms with van der Waals surface area (Å²) in [4.78, 5) is 53.4. The molecule has 0 aromatic rings. The summed E-state index contributed by atoms with van der Waals surface area (Å²) >= 11 is 0. The fourth-order valence-corrected chi connectivity index (χ4v) is 3.62. The number of rotatable bonds is 18. The van der Waals surface area contributed by atoms with Gasteiger partial charge in [0.25, 0.3) is 0 Å². The van der Waals surface area contributed by atoms with Crippen LogP contribution in [0.3, 0.4) is 0 Å². The number of alkyl carbamates (subject to hydrolysis) is 1. The number of amides is 1. The third-order valence-corrected chi connectivity index (χ3v) is 5.29. The quantitative estimate of drug-likeness (QED) is 0.181. The molecule has 0 aromatic carbocycles. The van der Waals surface area contributed by atoms with Gasteiger partial charge < -0.3 is 20.3 Å². The molecule has 12 heteroatoms. The minimum absolute atomic E-state index is 0.00723. The van der Waals surface area contributed by atoms with Crippen LogP contribution in [0.4, 0.5) is 4.79 Å². The van der Waals surface area contributed by atoms with Gasteiger partial charge in [-0.15, -0.1) is 0 Å². The molecule has 1 atom stereocenters. The van der Waals surface area contributed by atoms with Crippen molar-refractivity contribution in [1.82, 2.24) is 25.3 Å². The van der Waals surface area contributed by atoms with Crippen LogP contribution < -0.4 is 10.6 Å². The van der Waals surface area contributed by atoms with Gasteiger partial charge in [0.05, 0.1) is 45.7 Å². The van der Waals surface area contributed by atoms with E-state index in [1.165, 1.54) is 13.8 Å². The van der Waals surface area contributed by atoms with E-state index in [-0.39, 0.29) is 62.9 Å². The van der Waals surface area contributed by atoms with Crippen molar-refractivity contribution < 1.29 is 34.1 Å². The average Bonchev–Trinajstić information content (AvgIpc) is 3.55. The van der Waals surface area contributed by atoms with E-state index in [4.69, 9.17) is 4.74 Å². The second-order valence-corrected chi connectivity index (χ2v) is 10.5. The van der Waals surface area contributed by atoms with Crippen molar-refractivity contribution in [3.05, 3.63) is 0 Å². The predicted octanol–water partition coefficient (Wildman–Crippen LogP) is -0.122. The molecule has 1 aliphatic rings. The Morgan fingerprint density at radius 3 is 2.08 bits per heavy atom. The Morgan fingerprint density at radius 1 is 1.00 bits per heavy atom. The van der Waals surface area contributed by atoms with Gasteiger partial charge in [-0.05, 0) is 47.5 Å². The zero-order valence-electron chi connectivity index (χ0n) is 22.6. The molecule has 208 valence electrons. The van der Waals surface area contributed by atoms with Gasteiger partial charge in [0.15, 0.2) is 6.29 Å². The molecule has 1 rings (SSSR count). The van der Waals surface area contributed by atoms with Crippen molar-refractivity contribution >= 4 is 23.4 Å². The number of aliphatic hydroxyl groups excluding tert-OH is 1. The number of aliphatic hydroxyl groups is 2. The minimum Gasteiger partial charge on any atom is -0.444 e. The Labute approximate surface area is 214 Å². The Balaban J connectivity index is 3.05. The topological polar surface area (TPSA) is 152 Å². The van der Waals surface area contributed by atoms with Crippen LogP contribution in [0.2, 0.25) is 0 Å². The molecule has 12 nitrogen and oxygen atoms in total. The fourth-order valence-electron chi connectivity index (χ4n) is 3.62. The maximum absolute atomic E-state index is 12.3. The maximum atomic E-state index is 12.3. The zero-order valence-corrected chi connectivity index (χ0v) is 22.6. The lowest BCUT2D eigenvalue weighted by atomic mass is 10.2. The first-order valence-corrected chi connectivity index (χ1v) is 12.5. The third kappa shape index (κ3) is 14.6. The molecule has 1 aliphatic carbocycles. The second kappa shape index (κ2) is 15.3. The first-order chi connectivity index (χ1) is 16.7. The monoisotopic (exact) mass is 515 g/mol. The van der Waals surface area contributed by atoms with Gasteiger partial charge in [-0.25, -0.2) is 4.79 Å². The molecule has 0 radical (unpaired) electrons. The maximum Gasteiger partial charge on any atom is 0.408 e. The molecule has 0 saturated heterocycles. The van der Waals surface area contributed by atoms with Crippen molar-refractivity contribution in [3.8, 4) is 0 Å². The minimum atomic E-state index is -1.87. The summed E-state index contributed by atoms with van der Waals surface area (Å²) < 4.78 is 5.26. The molecule has 0 aromatic heterocycles. The third-order valence-electron chi connectivity index (χ3n) is 5.29. The summed E-state index contributed by atoms with van der Waals surface area (Å²) in [7, 11) is 0. The standard InChI is InChI=1S/C24H45N5O7/c1-7-20(32)10-25-14-27(11-17(2)30)15-28(16-29(12-18(3)31)19-8-9-19)13-21(22(33)34)26-23(35)36-24(4,5)6/h19,21-22,25,33-34H,7-16H2,1-6H3,(H,26,35). The molecule has 1 fully saturated rings. The van der Waals surface area contributed by atoms with Gasteiger partial charge in [-0.2, -0.15) is 0 Å². The first kappa shape index (κ1) is 32.1. The fraction of sp³-hybridized carbons (Fsp3) is 0.833. The van der Waals surface area contributed by atoms with Crippen molar-refractivity contribution in [2.24, 2.45) is 0 Å². The number of ketones is 3. The van der Waals surface area contributed by atoms with Gasteiger partial charge in [-0.3, -0.25) is 34.4 Å². The van der Waals surface area contributed by atoms with Gasteiger partial charge in [0.2, 0.25) is 0 Å². The number of Topliss-reactive ketones (excluding diaryl/α,β-unsaturated/α-hetero) is 3. The molecule has 1 saturated carbocycles. The van der Waals surface area contributed by atoms with Gasteiger partial charge in [0, 0.05) is 19.0 Å². The van der Waals surface area contributed by atoms with E-state index in [1.807, 2.05) is 9.80 Å². The lowest BCUT2D eigenvalue weighted by Gasteiger charge is -2.36. The Morgan fingerprint density at radius 2 is 1.61 bits per heavy atom. The molecule has 0 heterocycles. The van der Waals surface area contributed by atoms with E-state index >= 15 is 0 Å². The number of carbonyl (C=O) groups excluding carboxylic acids is 4. The van der Waals surface area contributed by atoms with E-state index in [0.29, 0.717) is 13.1 Å². The number of ether oxygens (including phenoxy) is 1. The van der Waals surface area contributed by atoms with Crippen LogP contribution in [0.15, 0.2) is 0 Å². The van der Waals surface area contributed by atoms with Crippen LogP contribution in [0.5, 0.6) is 0 Å².